The molecule has 0 aliphatic rings. The molecule has 0 aromatic heterocycles. The molecule has 0 saturated carbocycles. The Balaban J connectivity index is 4.09. The molecule has 82 valence electrons. The predicted molar refractivity (Wildman–Crippen MR) is 46.3 cm³/mol. The SMILES string of the molecule is CC(OC(N)=O)C(O)C(C)OC(N)=O. The van der Waals surface area contributed by atoms with Crippen molar-refractivity contribution in [3.05, 3.63) is 0 Å². The lowest BCUT2D eigenvalue weighted by molar-refractivity contribution is -0.0514. The molecule has 0 aliphatic carbocycles. The second-order valence-corrected chi connectivity index (χ2v) is 2.77. The van der Waals surface area contributed by atoms with E-state index in [1.165, 1.54) is 13.8 Å². The fourth-order valence-electron chi connectivity index (χ4n) is 0.888. The highest BCUT2D eigenvalue weighted by molar-refractivity contribution is 5.65. The van der Waals surface area contributed by atoms with Gasteiger partial charge in [-0.15, -0.1) is 0 Å². The van der Waals surface area contributed by atoms with Crippen molar-refractivity contribution >= 4 is 12.2 Å². The number of ether oxygens (including phenoxy) is 2. The van der Waals surface area contributed by atoms with Crippen LogP contribution in [-0.4, -0.2) is 35.6 Å². The predicted octanol–water partition coefficient (Wildman–Crippen LogP) is -0.685. The number of amides is 2. The number of hydrogen-bond donors (Lipinski definition) is 3. The maximum Gasteiger partial charge on any atom is 0.404 e. The molecule has 2 amide bonds. The van der Waals surface area contributed by atoms with Crippen LogP contribution in [0.4, 0.5) is 9.59 Å². The molecule has 2 unspecified atom stereocenters. The molecule has 5 N–H and O–H groups in total. The molecular weight excluding hydrogens is 192 g/mol. The van der Waals surface area contributed by atoms with Gasteiger partial charge < -0.3 is 26.0 Å². The van der Waals surface area contributed by atoms with Gasteiger partial charge in [-0.05, 0) is 13.8 Å². The van der Waals surface area contributed by atoms with E-state index in [-0.39, 0.29) is 0 Å². The van der Waals surface area contributed by atoms with Crippen LogP contribution in [0.25, 0.3) is 0 Å². The van der Waals surface area contributed by atoms with E-state index < -0.39 is 30.5 Å². The van der Waals surface area contributed by atoms with E-state index in [4.69, 9.17) is 11.5 Å². The molecule has 0 fully saturated rings. The van der Waals surface area contributed by atoms with Crippen LogP contribution in [0, 0.1) is 0 Å². The molecular formula is C7H14N2O5. The first-order valence-corrected chi connectivity index (χ1v) is 3.94. The molecule has 0 saturated heterocycles. The molecule has 0 rings (SSSR count). The highest BCUT2D eigenvalue weighted by Gasteiger charge is 2.25. The lowest BCUT2D eigenvalue weighted by atomic mass is 10.1. The van der Waals surface area contributed by atoms with Crippen molar-refractivity contribution in [2.24, 2.45) is 11.5 Å². The molecule has 0 aliphatic heterocycles. The third kappa shape index (κ3) is 4.51. The fourth-order valence-corrected chi connectivity index (χ4v) is 0.888. The van der Waals surface area contributed by atoms with Crippen LogP contribution in [0.2, 0.25) is 0 Å². The fraction of sp³-hybridized carbons (Fsp3) is 0.714. The third-order valence-electron chi connectivity index (χ3n) is 1.57. The molecule has 0 aromatic rings. The molecule has 0 aromatic carbocycles. The molecule has 0 radical (unpaired) electrons. The first-order valence-electron chi connectivity index (χ1n) is 3.94. The standard InChI is InChI=1S/C7H14N2O5/c1-3(13-6(8)11)5(10)4(2)14-7(9)12/h3-5,10H,1-2H3,(H2,8,11)(H2,9,12). The number of hydrogen-bond acceptors (Lipinski definition) is 5. The lowest BCUT2D eigenvalue weighted by Crippen LogP contribution is -2.41. The van der Waals surface area contributed by atoms with Gasteiger partial charge in [-0.3, -0.25) is 0 Å². The minimum Gasteiger partial charge on any atom is -0.444 e. The Morgan fingerprint density at radius 2 is 1.36 bits per heavy atom. The molecule has 0 spiro atoms. The summed E-state index contributed by atoms with van der Waals surface area (Å²) in [6.45, 7) is 2.83. The summed E-state index contributed by atoms with van der Waals surface area (Å²) in [7, 11) is 0. The Bertz CT molecular complexity index is 198. The Labute approximate surface area is 81.0 Å². The summed E-state index contributed by atoms with van der Waals surface area (Å²) >= 11 is 0. The van der Waals surface area contributed by atoms with Gasteiger partial charge in [-0.25, -0.2) is 9.59 Å². The largest absolute Gasteiger partial charge is 0.444 e. The Kier molecular flexibility index (Phi) is 4.71. The van der Waals surface area contributed by atoms with Crippen molar-refractivity contribution < 1.29 is 24.2 Å². The van der Waals surface area contributed by atoms with Crippen molar-refractivity contribution in [3.8, 4) is 0 Å². The topological polar surface area (TPSA) is 125 Å². The zero-order valence-corrected chi connectivity index (χ0v) is 7.97. The lowest BCUT2D eigenvalue weighted by Gasteiger charge is -2.23. The molecule has 14 heavy (non-hydrogen) atoms. The quantitative estimate of drug-likeness (QED) is 0.561. The van der Waals surface area contributed by atoms with E-state index in [1.54, 1.807) is 0 Å². The Morgan fingerprint density at radius 1 is 1.07 bits per heavy atom. The Morgan fingerprint density at radius 3 is 1.57 bits per heavy atom. The smallest absolute Gasteiger partial charge is 0.404 e. The van der Waals surface area contributed by atoms with Gasteiger partial charge >= 0.3 is 12.2 Å². The number of aliphatic hydroxyl groups excluding tert-OH is 1. The number of carbonyl (C=O) groups is 2. The molecule has 2 atom stereocenters. The van der Waals surface area contributed by atoms with Crippen molar-refractivity contribution in [1.82, 2.24) is 0 Å². The average Bonchev–Trinajstić information content (AvgIpc) is 2.00. The zero-order chi connectivity index (χ0) is 11.3. The number of rotatable bonds is 4. The third-order valence-corrected chi connectivity index (χ3v) is 1.57. The summed E-state index contributed by atoms with van der Waals surface area (Å²) in [5.74, 6) is 0. The Hall–Kier alpha value is -1.50. The van der Waals surface area contributed by atoms with Crippen LogP contribution in [0.5, 0.6) is 0 Å². The number of aliphatic hydroxyl groups is 1. The summed E-state index contributed by atoms with van der Waals surface area (Å²) in [6.07, 6.45) is -4.94. The minimum atomic E-state index is -1.17. The summed E-state index contributed by atoms with van der Waals surface area (Å²) in [5.41, 5.74) is 9.46. The monoisotopic (exact) mass is 206 g/mol. The van der Waals surface area contributed by atoms with Crippen LogP contribution in [-0.2, 0) is 9.47 Å². The van der Waals surface area contributed by atoms with Crippen LogP contribution >= 0.6 is 0 Å². The highest BCUT2D eigenvalue weighted by atomic mass is 16.6. The highest BCUT2D eigenvalue weighted by Crippen LogP contribution is 2.06. The van der Waals surface area contributed by atoms with E-state index in [2.05, 4.69) is 9.47 Å². The maximum absolute atomic E-state index is 10.3. The van der Waals surface area contributed by atoms with Gasteiger partial charge in [0.25, 0.3) is 0 Å². The first-order chi connectivity index (χ1) is 6.34. The van der Waals surface area contributed by atoms with Gasteiger partial charge in [0.05, 0.1) is 0 Å². The van der Waals surface area contributed by atoms with Gasteiger partial charge in [0.15, 0.2) is 0 Å². The van der Waals surface area contributed by atoms with Gasteiger partial charge in [-0.2, -0.15) is 0 Å². The number of carbonyl (C=O) groups excluding carboxylic acids is 2. The van der Waals surface area contributed by atoms with Gasteiger partial charge in [0, 0.05) is 0 Å². The van der Waals surface area contributed by atoms with Gasteiger partial charge in [-0.1, -0.05) is 0 Å². The molecule has 7 nitrogen and oxygen atoms in total. The zero-order valence-electron chi connectivity index (χ0n) is 7.97. The first kappa shape index (κ1) is 12.5. The van der Waals surface area contributed by atoms with E-state index in [1.807, 2.05) is 0 Å². The maximum atomic E-state index is 10.3. The van der Waals surface area contributed by atoms with Crippen LogP contribution in [0.1, 0.15) is 13.8 Å². The van der Waals surface area contributed by atoms with Crippen molar-refractivity contribution in [2.45, 2.75) is 32.2 Å². The van der Waals surface area contributed by atoms with Crippen molar-refractivity contribution in [1.29, 1.82) is 0 Å². The van der Waals surface area contributed by atoms with Crippen LogP contribution in [0.15, 0.2) is 0 Å². The normalized spacial score (nSPS) is 16.5. The minimum absolute atomic E-state index is 0.873. The second kappa shape index (κ2) is 5.28. The van der Waals surface area contributed by atoms with Gasteiger partial charge in [0.2, 0.25) is 0 Å². The molecule has 7 heteroatoms. The second-order valence-electron chi connectivity index (χ2n) is 2.77. The van der Waals surface area contributed by atoms with E-state index in [0.717, 1.165) is 0 Å². The van der Waals surface area contributed by atoms with Crippen LogP contribution in [0.3, 0.4) is 0 Å². The van der Waals surface area contributed by atoms with Crippen molar-refractivity contribution in [2.75, 3.05) is 0 Å². The van der Waals surface area contributed by atoms with Crippen molar-refractivity contribution in [3.63, 3.8) is 0 Å². The van der Waals surface area contributed by atoms with E-state index in [0.29, 0.717) is 0 Å². The van der Waals surface area contributed by atoms with Crippen LogP contribution < -0.4 is 11.5 Å². The number of nitrogens with two attached hydrogens (primary N) is 2. The number of primary amides is 2. The average molecular weight is 206 g/mol. The molecule has 0 bridgehead atoms. The summed E-state index contributed by atoms with van der Waals surface area (Å²) in [6, 6.07) is 0. The summed E-state index contributed by atoms with van der Waals surface area (Å²) in [5, 5.41) is 9.42. The van der Waals surface area contributed by atoms with E-state index >= 15 is 0 Å². The van der Waals surface area contributed by atoms with Gasteiger partial charge in [0.1, 0.15) is 18.3 Å². The summed E-state index contributed by atoms with van der Waals surface area (Å²) < 4.78 is 8.94. The molecule has 0 heterocycles. The summed E-state index contributed by atoms with van der Waals surface area (Å²) in [4.78, 5) is 20.6. The van der Waals surface area contributed by atoms with E-state index in [9.17, 15) is 14.7 Å².